The second-order valence-corrected chi connectivity index (χ2v) is 6.32. The van der Waals surface area contributed by atoms with E-state index in [1.54, 1.807) is 29.2 Å². The molecule has 2 aromatic rings. The maximum atomic E-state index is 13.2. The third kappa shape index (κ3) is 2.13. The summed E-state index contributed by atoms with van der Waals surface area (Å²) in [7, 11) is 0. The van der Waals surface area contributed by atoms with Crippen molar-refractivity contribution >= 4 is 23.2 Å². The van der Waals surface area contributed by atoms with Crippen molar-refractivity contribution < 1.29 is 9.53 Å². The Morgan fingerprint density at radius 1 is 1.08 bits per heavy atom. The molecule has 0 atom stereocenters. The number of carbonyl (C=O) groups excluding carboxylic acids is 1. The molecule has 0 unspecified atom stereocenters. The van der Waals surface area contributed by atoms with Crippen LogP contribution in [0.4, 0.5) is 16.2 Å². The zero-order chi connectivity index (χ0) is 17.6. The molecule has 1 N–H and O–H groups in total. The lowest BCUT2D eigenvalue weighted by atomic mass is 9.94. The zero-order valence-electron chi connectivity index (χ0n) is 13.7. The van der Waals surface area contributed by atoms with Crippen LogP contribution in [-0.2, 0) is 4.74 Å². The molecule has 6 nitrogen and oxygen atoms in total. The minimum atomic E-state index is -0.764. The highest BCUT2D eigenvalue weighted by atomic mass is 16.5. The summed E-state index contributed by atoms with van der Waals surface area (Å²) in [4.78, 5) is 16.2. The molecule has 0 aromatic heterocycles. The summed E-state index contributed by atoms with van der Waals surface area (Å²) in [6, 6.07) is 16.1. The van der Waals surface area contributed by atoms with Crippen molar-refractivity contribution in [1.29, 1.82) is 10.7 Å². The Kier molecular flexibility index (Phi) is 3.34. The minimum Gasteiger partial charge on any atom is -0.375 e. The Bertz CT molecular complexity index is 893. The van der Waals surface area contributed by atoms with Crippen LogP contribution in [0.2, 0.25) is 0 Å². The first kappa shape index (κ1) is 15.4. The lowest BCUT2D eigenvalue weighted by Gasteiger charge is -2.43. The number of nitrogens with zero attached hydrogens (tertiary/aromatic N) is 3. The Labute approximate surface area is 145 Å². The van der Waals surface area contributed by atoms with Crippen LogP contribution in [0.3, 0.4) is 0 Å². The summed E-state index contributed by atoms with van der Waals surface area (Å²) in [6.07, 6.45) is 0. The summed E-state index contributed by atoms with van der Waals surface area (Å²) in [5, 5.41) is 17.6. The van der Waals surface area contributed by atoms with E-state index in [0.717, 1.165) is 11.3 Å². The van der Waals surface area contributed by atoms with Gasteiger partial charge >= 0.3 is 6.03 Å². The van der Waals surface area contributed by atoms with Crippen molar-refractivity contribution in [3.05, 3.63) is 59.7 Å². The number of amides is 2. The number of aryl methyl sites for hydroxylation is 1. The van der Waals surface area contributed by atoms with Crippen molar-refractivity contribution in [3.63, 3.8) is 0 Å². The van der Waals surface area contributed by atoms with Gasteiger partial charge in [0, 0.05) is 5.69 Å². The van der Waals surface area contributed by atoms with E-state index in [1.165, 1.54) is 4.90 Å². The Hall–Kier alpha value is -3.17. The maximum Gasteiger partial charge on any atom is 0.335 e. The molecule has 0 saturated carbocycles. The fourth-order valence-electron chi connectivity index (χ4n) is 3.23. The van der Waals surface area contributed by atoms with Gasteiger partial charge in [-0.1, -0.05) is 17.7 Å². The molecule has 0 radical (unpaired) electrons. The van der Waals surface area contributed by atoms with Crippen LogP contribution in [-0.4, -0.2) is 30.6 Å². The summed E-state index contributed by atoms with van der Waals surface area (Å²) < 4.78 is 5.37. The van der Waals surface area contributed by atoms with Gasteiger partial charge in [0.05, 0.1) is 30.5 Å². The molecule has 0 aliphatic carbocycles. The minimum absolute atomic E-state index is 0.203. The average molecular weight is 332 g/mol. The van der Waals surface area contributed by atoms with Crippen LogP contribution >= 0.6 is 0 Å². The topological polar surface area (TPSA) is 80.4 Å². The predicted octanol–water partition coefficient (Wildman–Crippen LogP) is 3.06. The predicted molar refractivity (Wildman–Crippen MR) is 94.0 cm³/mol. The molecule has 2 saturated heterocycles. The van der Waals surface area contributed by atoms with E-state index in [9.17, 15) is 4.79 Å². The van der Waals surface area contributed by atoms with E-state index in [4.69, 9.17) is 15.4 Å². The molecule has 6 heteroatoms. The van der Waals surface area contributed by atoms with Gasteiger partial charge < -0.3 is 4.74 Å². The molecule has 0 bridgehead atoms. The third-order valence-corrected chi connectivity index (χ3v) is 4.70. The number of amidine groups is 1. The molecule has 124 valence electrons. The van der Waals surface area contributed by atoms with Gasteiger partial charge in [0.2, 0.25) is 0 Å². The average Bonchev–Trinajstić information content (AvgIpc) is 2.83. The first-order valence-corrected chi connectivity index (χ1v) is 7.95. The number of benzene rings is 2. The smallest absolute Gasteiger partial charge is 0.335 e. The van der Waals surface area contributed by atoms with E-state index in [0.29, 0.717) is 24.5 Å². The van der Waals surface area contributed by atoms with Crippen molar-refractivity contribution in [2.75, 3.05) is 23.0 Å². The van der Waals surface area contributed by atoms with Crippen LogP contribution < -0.4 is 9.80 Å². The largest absolute Gasteiger partial charge is 0.375 e. The molecule has 4 rings (SSSR count). The van der Waals surface area contributed by atoms with Crippen LogP contribution in [0.5, 0.6) is 0 Å². The quantitative estimate of drug-likeness (QED) is 0.918. The molecule has 2 amide bonds. The highest BCUT2D eigenvalue weighted by Gasteiger charge is 2.60. The van der Waals surface area contributed by atoms with Crippen LogP contribution in [0.15, 0.2) is 48.5 Å². The molecule has 2 aliphatic rings. The molecular formula is C19H16N4O2. The van der Waals surface area contributed by atoms with E-state index >= 15 is 0 Å². The summed E-state index contributed by atoms with van der Waals surface area (Å²) >= 11 is 0. The number of urea groups is 1. The van der Waals surface area contributed by atoms with Gasteiger partial charge in [-0.15, -0.1) is 0 Å². The number of hydrogen-bond acceptors (Lipinski definition) is 4. The number of anilines is 2. The molecule has 2 aliphatic heterocycles. The Morgan fingerprint density at radius 3 is 2.20 bits per heavy atom. The summed E-state index contributed by atoms with van der Waals surface area (Å²) in [6.45, 7) is 2.60. The van der Waals surface area contributed by atoms with Crippen molar-refractivity contribution in [1.82, 2.24) is 0 Å². The third-order valence-electron chi connectivity index (χ3n) is 4.70. The summed E-state index contributed by atoms with van der Waals surface area (Å²) in [5.41, 5.74) is 2.18. The lowest BCUT2D eigenvalue weighted by Crippen LogP contribution is -2.64. The molecule has 25 heavy (non-hydrogen) atoms. The van der Waals surface area contributed by atoms with E-state index in [1.807, 2.05) is 31.2 Å². The lowest BCUT2D eigenvalue weighted by molar-refractivity contribution is -0.0155. The van der Waals surface area contributed by atoms with Crippen molar-refractivity contribution in [2.24, 2.45) is 0 Å². The van der Waals surface area contributed by atoms with E-state index in [-0.39, 0.29) is 11.9 Å². The number of ether oxygens (including phenoxy) is 1. The fraction of sp³-hybridized carbons (Fsp3) is 0.211. The van der Waals surface area contributed by atoms with Gasteiger partial charge in [-0.3, -0.25) is 10.3 Å². The van der Waals surface area contributed by atoms with Gasteiger partial charge in [-0.2, -0.15) is 5.26 Å². The van der Waals surface area contributed by atoms with Crippen molar-refractivity contribution in [3.8, 4) is 6.07 Å². The molecule has 2 fully saturated rings. The van der Waals surface area contributed by atoms with Crippen molar-refractivity contribution in [2.45, 2.75) is 12.5 Å². The van der Waals surface area contributed by atoms with Crippen LogP contribution in [0.25, 0.3) is 0 Å². The highest BCUT2D eigenvalue weighted by molar-refractivity contribution is 6.31. The van der Waals surface area contributed by atoms with Gasteiger partial charge in [-0.25, -0.2) is 9.69 Å². The summed E-state index contributed by atoms with van der Waals surface area (Å²) in [5.74, 6) is 0.203. The van der Waals surface area contributed by atoms with Gasteiger partial charge in [0.1, 0.15) is 5.84 Å². The van der Waals surface area contributed by atoms with E-state index in [2.05, 4.69) is 6.07 Å². The highest BCUT2D eigenvalue weighted by Crippen LogP contribution is 2.40. The Balaban J connectivity index is 1.78. The second-order valence-electron chi connectivity index (χ2n) is 6.32. The number of carbonyl (C=O) groups is 1. The first-order chi connectivity index (χ1) is 12.1. The number of nitriles is 1. The monoisotopic (exact) mass is 332 g/mol. The maximum absolute atomic E-state index is 13.2. The number of hydrogen-bond donors (Lipinski definition) is 1. The SMILES string of the molecule is Cc1ccc(N2C(=O)N(c3ccc(C#N)cc3)C(=N)C23COC3)cc1. The van der Waals surface area contributed by atoms with Crippen LogP contribution in [0.1, 0.15) is 11.1 Å². The molecule has 2 aromatic carbocycles. The van der Waals surface area contributed by atoms with Gasteiger partial charge in [0.25, 0.3) is 0 Å². The van der Waals surface area contributed by atoms with Gasteiger partial charge in [-0.05, 0) is 43.3 Å². The Morgan fingerprint density at radius 2 is 1.68 bits per heavy atom. The molecule has 1 spiro atoms. The second kappa shape index (κ2) is 5.43. The number of nitrogens with one attached hydrogen (secondary N) is 1. The van der Waals surface area contributed by atoms with Gasteiger partial charge in [0.15, 0.2) is 5.54 Å². The standard InChI is InChI=1S/C19H16N4O2/c1-13-2-6-16(7-3-13)23-18(24)22(17(21)19(23)11-25-12-19)15-8-4-14(10-20)5-9-15/h2-9,21H,11-12H2,1H3. The molecular weight excluding hydrogens is 316 g/mol. The fourth-order valence-corrected chi connectivity index (χ4v) is 3.23. The van der Waals surface area contributed by atoms with E-state index < -0.39 is 5.54 Å². The normalized spacial score (nSPS) is 18.4. The number of rotatable bonds is 2. The first-order valence-electron chi connectivity index (χ1n) is 7.95. The van der Waals surface area contributed by atoms with Crippen LogP contribution in [0, 0.1) is 23.7 Å². The molecule has 2 heterocycles. The zero-order valence-corrected chi connectivity index (χ0v) is 13.7.